The summed E-state index contributed by atoms with van der Waals surface area (Å²) < 4.78 is 0. The third-order valence-electron chi connectivity index (χ3n) is 4.23. The summed E-state index contributed by atoms with van der Waals surface area (Å²) in [7, 11) is 0. The van der Waals surface area contributed by atoms with Gasteiger partial charge in [-0.3, -0.25) is 0 Å². The van der Waals surface area contributed by atoms with E-state index in [4.69, 9.17) is 0 Å². The molecule has 0 atom stereocenters. The van der Waals surface area contributed by atoms with Crippen molar-refractivity contribution < 1.29 is 23.3 Å². The first-order valence-corrected chi connectivity index (χ1v) is 13.4. The molecule has 0 bridgehead atoms. The first-order valence-electron chi connectivity index (χ1n) is 9.25. The van der Waals surface area contributed by atoms with Crippen LogP contribution in [-0.2, 0) is 23.3 Å². The van der Waals surface area contributed by atoms with Crippen molar-refractivity contribution in [1.29, 1.82) is 0 Å². The van der Waals surface area contributed by atoms with E-state index in [0.717, 1.165) is 6.42 Å². The van der Waals surface area contributed by atoms with E-state index in [1.807, 2.05) is 6.92 Å². The van der Waals surface area contributed by atoms with E-state index < -0.39 is 0 Å². The molecular formula is C26H34Cl2SiZr-4. The Labute approximate surface area is 213 Å². The molecule has 0 heterocycles. The van der Waals surface area contributed by atoms with E-state index in [1.54, 1.807) is 0 Å². The van der Waals surface area contributed by atoms with Crippen molar-refractivity contribution in [3.63, 3.8) is 0 Å². The summed E-state index contributed by atoms with van der Waals surface area (Å²) in [6, 6.07) is 21.8. The number of benzene rings is 2. The predicted molar refractivity (Wildman–Crippen MR) is 140 cm³/mol. The van der Waals surface area contributed by atoms with E-state index in [2.05, 4.69) is 102 Å². The van der Waals surface area contributed by atoms with E-state index in [9.17, 15) is 0 Å². The van der Waals surface area contributed by atoms with Gasteiger partial charge in [-0.15, -0.1) is 93.9 Å². The van der Waals surface area contributed by atoms with Crippen LogP contribution in [0.3, 0.4) is 0 Å². The van der Waals surface area contributed by atoms with Gasteiger partial charge in [0.1, 0.15) is 0 Å². The fourth-order valence-corrected chi connectivity index (χ4v) is 3.08. The fraction of sp³-hybridized carbons (Fsp3) is 0.231. The van der Waals surface area contributed by atoms with E-state index in [-0.39, 0.29) is 32.2 Å². The predicted octanol–water partition coefficient (Wildman–Crippen LogP) is 8.49. The Kier molecular flexibility index (Phi) is 20.3. The summed E-state index contributed by atoms with van der Waals surface area (Å²) >= 11 is 1.36. The van der Waals surface area contributed by atoms with Gasteiger partial charge in [-0.25, -0.2) is 0 Å². The summed E-state index contributed by atoms with van der Waals surface area (Å²) in [6.45, 7) is 17.1. The maximum atomic E-state index is 3.49. The Bertz CT molecular complexity index is 892. The molecule has 30 heavy (non-hydrogen) atoms. The molecule has 0 N–H and O–H groups in total. The fourth-order valence-electron chi connectivity index (χ4n) is 3.08. The Hall–Kier alpha value is -0.660. The molecule has 0 aliphatic carbocycles. The first kappa shape index (κ1) is 34.0. The molecule has 0 fully saturated rings. The molecule has 4 heteroatoms. The molecule has 0 nitrogen and oxygen atoms in total. The van der Waals surface area contributed by atoms with Crippen LogP contribution >= 0.6 is 24.8 Å². The van der Waals surface area contributed by atoms with E-state index in [0.29, 0.717) is 0 Å². The summed E-state index contributed by atoms with van der Waals surface area (Å²) in [6.07, 6.45) is 1.00. The quantitative estimate of drug-likeness (QED) is 0.156. The topological polar surface area (TPSA) is 0 Å². The van der Waals surface area contributed by atoms with Crippen molar-refractivity contribution in [3.8, 4) is 0 Å². The monoisotopic (exact) mass is 534 g/mol. The normalized spacial score (nSPS) is 8.57. The van der Waals surface area contributed by atoms with Gasteiger partial charge in [-0.2, -0.15) is 18.6 Å². The minimum absolute atomic E-state index is 0. The molecule has 0 spiro atoms. The number of hydrogen-bond donors (Lipinski definition) is 0. The van der Waals surface area contributed by atoms with E-state index in [1.165, 1.54) is 67.1 Å². The molecule has 0 aliphatic heterocycles. The molecule has 4 aromatic rings. The molecule has 164 valence electrons. The Morgan fingerprint density at radius 2 is 1.07 bits per heavy atom. The van der Waals surface area contributed by atoms with Crippen molar-refractivity contribution in [2.45, 2.75) is 41.0 Å². The van der Waals surface area contributed by atoms with Gasteiger partial charge in [0.15, 0.2) is 0 Å². The Morgan fingerprint density at radius 1 is 0.767 bits per heavy atom. The average Bonchev–Trinajstić information content (AvgIpc) is 3.21. The summed E-state index contributed by atoms with van der Waals surface area (Å²) in [5.41, 5.74) is 5.45. The zero-order chi connectivity index (χ0) is 20.4. The van der Waals surface area contributed by atoms with Gasteiger partial charge < -0.3 is 14.4 Å². The number of rotatable bonds is 0. The van der Waals surface area contributed by atoms with Crippen LogP contribution in [-0.4, -0.2) is 6.88 Å². The van der Waals surface area contributed by atoms with Gasteiger partial charge >= 0.3 is 30.2 Å². The van der Waals surface area contributed by atoms with Crippen LogP contribution in [0.15, 0.2) is 60.7 Å². The molecule has 4 rings (SSSR count). The van der Waals surface area contributed by atoms with Crippen LogP contribution in [0.5, 0.6) is 0 Å². The average molecular weight is 537 g/mol. The van der Waals surface area contributed by atoms with Crippen LogP contribution in [0.2, 0.25) is 0 Å². The summed E-state index contributed by atoms with van der Waals surface area (Å²) in [4.78, 5) is 0. The summed E-state index contributed by atoms with van der Waals surface area (Å²) in [5.74, 6) is 0. The van der Waals surface area contributed by atoms with Crippen molar-refractivity contribution in [1.82, 2.24) is 0 Å². The molecule has 0 aromatic heterocycles. The zero-order valence-corrected chi connectivity index (χ0v) is 24.1. The number of halogens is 2. The molecule has 4 aromatic carbocycles. The molecular weight excluding hydrogens is 503 g/mol. The number of aryl methyl sites for hydroxylation is 4. The van der Waals surface area contributed by atoms with Crippen molar-refractivity contribution >= 4 is 53.2 Å². The van der Waals surface area contributed by atoms with Gasteiger partial charge in [-0.1, -0.05) is 44.0 Å². The maximum absolute atomic E-state index is 3.49. The summed E-state index contributed by atoms with van der Waals surface area (Å²) in [5, 5.41) is 5.51. The van der Waals surface area contributed by atoms with Crippen molar-refractivity contribution in [2.24, 2.45) is 0 Å². The number of hydrogen-bond acceptors (Lipinski definition) is 0. The zero-order valence-electron chi connectivity index (χ0n) is 19.0. The molecule has 0 aliphatic rings. The second-order valence-corrected chi connectivity index (χ2v) is 6.72. The van der Waals surface area contributed by atoms with Gasteiger partial charge in [0.25, 0.3) is 0 Å². The first-order chi connectivity index (χ1) is 13.0. The molecule has 0 saturated heterocycles. The third kappa shape index (κ3) is 10.1. The molecule has 0 saturated carbocycles. The Morgan fingerprint density at radius 3 is 1.33 bits per heavy atom. The van der Waals surface area contributed by atoms with Crippen molar-refractivity contribution in [2.75, 3.05) is 0 Å². The van der Waals surface area contributed by atoms with Gasteiger partial charge in [0.2, 0.25) is 0 Å². The molecule has 0 unspecified atom stereocenters. The minimum atomic E-state index is 0. The number of fused-ring (bicyclic) bond motifs is 2. The van der Waals surface area contributed by atoms with Crippen LogP contribution < -0.4 is 0 Å². The van der Waals surface area contributed by atoms with Crippen LogP contribution in [0.25, 0.3) is 21.5 Å². The van der Waals surface area contributed by atoms with Crippen molar-refractivity contribution in [3.05, 3.63) is 97.3 Å². The van der Waals surface area contributed by atoms with E-state index >= 15 is 0 Å². The SMILES string of the molecule is Cc1cc2c(C)cccc2[cH-]1.Cc1cc2c(C)cccc2[cH-]1.Cl.Cl.[CH2-]CC.[CH3-].[Si]=[Zr]. The third-order valence-corrected chi connectivity index (χ3v) is 4.23. The van der Waals surface area contributed by atoms with Gasteiger partial charge in [0, 0.05) is 0 Å². The van der Waals surface area contributed by atoms with Crippen LogP contribution in [0, 0.1) is 42.0 Å². The Balaban J connectivity index is -0.000000371. The van der Waals surface area contributed by atoms with Gasteiger partial charge in [0.05, 0.1) is 0 Å². The standard InChI is InChI=1S/2C11H11.C3H7.CH3.2ClH.Si.Zr/c2*1-8-6-10-5-3-4-9(2)11(10)7-8;1-3-2;;;;;/h2*3-7H,1-2H3;1,3H2,2H3;1H3;2*1H;;/q4*-1;;;;. The van der Waals surface area contributed by atoms with Gasteiger partial charge in [-0.05, 0) is 13.8 Å². The molecule has 0 amide bonds. The molecule has 2 radical (unpaired) electrons. The second-order valence-electron chi connectivity index (χ2n) is 6.72. The van der Waals surface area contributed by atoms with Crippen LogP contribution in [0.4, 0.5) is 0 Å². The second kappa shape index (κ2) is 18.0. The van der Waals surface area contributed by atoms with Crippen LogP contribution in [0.1, 0.15) is 35.6 Å².